The van der Waals surface area contributed by atoms with E-state index in [1.807, 2.05) is 37.4 Å². The minimum Gasteiger partial charge on any atom is -0.492 e. The van der Waals surface area contributed by atoms with Gasteiger partial charge in [-0.1, -0.05) is 30.4 Å². The van der Waals surface area contributed by atoms with Gasteiger partial charge in [-0.3, -0.25) is 0 Å². The van der Waals surface area contributed by atoms with Crippen LogP contribution in [0.4, 0.5) is 0 Å². The number of hydrogen-bond acceptors (Lipinski definition) is 3. The summed E-state index contributed by atoms with van der Waals surface area (Å²) in [6.45, 7) is 1.94. The van der Waals surface area contributed by atoms with Gasteiger partial charge in [0.2, 0.25) is 0 Å². The van der Waals surface area contributed by atoms with Crippen molar-refractivity contribution < 1.29 is 4.74 Å². The fraction of sp³-hybridized carbons (Fsp3) is 0.333. The second kappa shape index (κ2) is 7.04. The summed E-state index contributed by atoms with van der Waals surface area (Å²) >= 11 is 0. The molecule has 0 bridgehead atoms. The van der Waals surface area contributed by atoms with E-state index in [-0.39, 0.29) is 0 Å². The summed E-state index contributed by atoms with van der Waals surface area (Å²) < 4.78 is 5.52. The first-order valence-corrected chi connectivity index (χ1v) is 5.11. The lowest BCUT2D eigenvalue weighted by atomic mass is 10.2. The molecule has 0 atom stereocenters. The lowest BCUT2D eigenvalue weighted by Crippen LogP contribution is -2.11. The van der Waals surface area contributed by atoms with Crippen LogP contribution in [0.2, 0.25) is 0 Å². The van der Waals surface area contributed by atoms with Gasteiger partial charge < -0.3 is 15.8 Å². The molecule has 0 aliphatic heterocycles. The molecule has 0 amide bonds. The van der Waals surface area contributed by atoms with Crippen LogP contribution in [-0.2, 0) is 0 Å². The van der Waals surface area contributed by atoms with Crippen LogP contribution in [0.1, 0.15) is 5.56 Å². The predicted molar refractivity (Wildman–Crippen MR) is 64.0 cm³/mol. The number of hydrogen-bond donors (Lipinski definition) is 2. The third-order valence-corrected chi connectivity index (χ3v) is 1.91. The van der Waals surface area contributed by atoms with Crippen LogP contribution < -0.4 is 15.8 Å². The molecule has 0 radical (unpaired) electrons. The van der Waals surface area contributed by atoms with Crippen LogP contribution >= 0.6 is 0 Å². The summed E-state index contributed by atoms with van der Waals surface area (Å²) in [5.41, 5.74) is 6.48. The number of nitrogens with two attached hydrogens (primary N) is 1. The Morgan fingerprint density at radius 1 is 1.40 bits per heavy atom. The molecule has 0 aromatic heterocycles. The summed E-state index contributed by atoms with van der Waals surface area (Å²) in [4.78, 5) is 0. The van der Waals surface area contributed by atoms with Gasteiger partial charge in [-0.25, -0.2) is 0 Å². The summed E-state index contributed by atoms with van der Waals surface area (Å²) in [6.07, 6.45) is 4.10. The molecule has 0 spiro atoms. The van der Waals surface area contributed by atoms with Crippen molar-refractivity contribution in [1.29, 1.82) is 0 Å². The maximum Gasteiger partial charge on any atom is 0.126 e. The maximum atomic E-state index is 5.52. The van der Waals surface area contributed by atoms with Crippen molar-refractivity contribution in [3.8, 4) is 5.75 Å². The van der Waals surface area contributed by atoms with Crippen molar-refractivity contribution in [3.63, 3.8) is 0 Å². The van der Waals surface area contributed by atoms with Crippen molar-refractivity contribution in [2.75, 3.05) is 26.7 Å². The first-order valence-electron chi connectivity index (χ1n) is 5.11. The minimum absolute atomic E-state index is 0.536. The average molecular weight is 206 g/mol. The van der Waals surface area contributed by atoms with Crippen LogP contribution in [0.15, 0.2) is 30.3 Å². The molecule has 0 aliphatic rings. The van der Waals surface area contributed by atoms with Gasteiger partial charge in [0.25, 0.3) is 0 Å². The summed E-state index contributed by atoms with van der Waals surface area (Å²) in [7, 11) is 1.92. The molecule has 1 aromatic carbocycles. The highest BCUT2D eigenvalue weighted by molar-refractivity contribution is 5.57. The minimum atomic E-state index is 0.536. The summed E-state index contributed by atoms with van der Waals surface area (Å²) in [5.74, 6) is 0.885. The highest BCUT2D eigenvalue weighted by Gasteiger charge is 1.97. The Morgan fingerprint density at radius 3 is 2.93 bits per heavy atom. The van der Waals surface area contributed by atoms with Crippen LogP contribution in [-0.4, -0.2) is 26.7 Å². The number of benzene rings is 1. The van der Waals surface area contributed by atoms with E-state index >= 15 is 0 Å². The van der Waals surface area contributed by atoms with E-state index in [0.717, 1.165) is 17.9 Å². The molecule has 82 valence electrons. The Balaban J connectivity index is 2.67. The maximum absolute atomic E-state index is 5.52. The van der Waals surface area contributed by atoms with E-state index in [0.29, 0.717) is 13.2 Å². The zero-order chi connectivity index (χ0) is 10.9. The molecule has 3 nitrogen and oxygen atoms in total. The van der Waals surface area contributed by atoms with E-state index in [2.05, 4.69) is 11.4 Å². The molecular weight excluding hydrogens is 188 g/mol. The SMILES string of the molecule is CNC/C=C/c1ccccc1OCCN. The molecule has 0 saturated heterocycles. The third-order valence-electron chi connectivity index (χ3n) is 1.91. The quantitative estimate of drug-likeness (QED) is 0.736. The number of para-hydroxylation sites is 1. The standard InChI is InChI=1S/C12H18N2O/c1-14-9-4-6-11-5-2-3-7-12(11)15-10-8-13/h2-7,14H,8-10,13H2,1H3/b6-4+. The normalized spacial score (nSPS) is 10.8. The lowest BCUT2D eigenvalue weighted by Gasteiger charge is -2.07. The first kappa shape index (κ1) is 11.8. The Labute approximate surface area is 90.9 Å². The number of ether oxygens (including phenoxy) is 1. The molecule has 0 heterocycles. The smallest absolute Gasteiger partial charge is 0.126 e. The van der Waals surface area contributed by atoms with Crippen molar-refractivity contribution in [3.05, 3.63) is 35.9 Å². The van der Waals surface area contributed by atoms with Crippen molar-refractivity contribution in [1.82, 2.24) is 5.32 Å². The largest absolute Gasteiger partial charge is 0.492 e. The molecule has 3 heteroatoms. The van der Waals surface area contributed by atoms with E-state index in [1.54, 1.807) is 0 Å². The van der Waals surface area contributed by atoms with Gasteiger partial charge in [-0.15, -0.1) is 0 Å². The predicted octanol–water partition coefficient (Wildman–Crippen LogP) is 1.26. The van der Waals surface area contributed by atoms with Gasteiger partial charge in [-0.05, 0) is 13.1 Å². The Hall–Kier alpha value is -1.32. The lowest BCUT2D eigenvalue weighted by molar-refractivity contribution is 0.327. The fourth-order valence-corrected chi connectivity index (χ4v) is 1.22. The van der Waals surface area contributed by atoms with Gasteiger partial charge in [-0.2, -0.15) is 0 Å². The molecule has 1 rings (SSSR count). The second-order valence-electron chi connectivity index (χ2n) is 3.14. The Morgan fingerprint density at radius 2 is 2.20 bits per heavy atom. The zero-order valence-electron chi connectivity index (χ0n) is 9.07. The van der Waals surface area contributed by atoms with E-state index in [9.17, 15) is 0 Å². The van der Waals surface area contributed by atoms with Crippen LogP contribution in [0.5, 0.6) is 5.75 Å². The molecule has 3 N–H and O–H groups in total. The van der Waals surface area contributed by atoms with E-state index in [4.69, 9.17) is 10.5 Å². The first-order chi connectivity index (χ1) is 7.38. The van der Waals surface area contributed by atoms with Crippen LogP contribution in [0.3, 0.4) is 0 Å². The van der Waals surface area contributed by atoms with E-state index in [1.165, 1.54) is 0 Å². The van der Waals surface area contributed by atoms with Gasteiger partial charge in [0.1, 0.15) is 12.4 Å². The molecule has 0 saturated carbocycles. The number of likely N-dealkylation sites (N-methyl/N-ethyl adjacent to an activating group) is 1. The highest BCUT2D eigenvalue weighted by Crippen LogP contribution is 2.18. The molecule has 15 heavy (non-hydrogen) atoms. The molecule has 0 aliphatic carbocycles. The molecule has 0 unspecified atom stereocenters. The van der Waals surface area contributed by atoms with Crippen LogP contribution in [0, 0.1) is 0 Å². The van der Waals surface area contributed by atoms with Gasteiger partial charge >= 0.3 is 0 Å². The second-order valence-corrected chi connectivity index (χ2v) is 3.14. The van der Waals surface area contributed by atoms with Gasteiger partial charge in [0.05, 0.1) is 0 Å². The van der Waals surface area contributed by atoms with Gasteiger partial charge in [0.15, 0.2) is 0 Å². The summed E-state index contributed by atoms with van der Waals surface area (Å²) in [5, 5.41) is 3.05. The van der Waals surface area contributed by atoms with Crippen molar-refractivity contribution >= 4 is 6.08 Å². The Kier molecular flexibility index (Phi) is 5.51. The van der Waals surface area contributed by atoms with Crippen molar-refractivity contribution in [2.24, 2.45) is 5.73 Å². The zero-order valence-corrected chi connectivity index (χ0v) is 9.07. The monoisotopic (exact) mass is 206 g/mol. The number of rotatable bonds is 6. The van der Waals surface area contributed by atoms with Crippen LogP contribution in [0.25, 0.3) is 6.08 Å². The fourth-order valence-electron chi connectivity index (χ4n) is 1.22. The summed E-state index contributed by atoms with van der Waals surface area (Å²) in [6, 6.07) is 7.93. The molecule has 1 aromatic rings. The van der Waals surface area contributed by atoms with Gasteiger partial charge in [0, 0.05) is 18.7 Å². The average Bonchev–Trinajstić information content (AvgIpc) is 2.28. The molecular formula is C12H18N2O. The topological polar surface area (TPSA) is 47.3 Å². The highest BCUT2D eigenvalue weighted by atomic mass is 16.5. The van der Waals surface area contributed by atoms with E-state index < -0.39 is 0 Å². The Bertz CT molecular complexity index is 310. The molecule has 0 fully saturated rings. The van der Waals surface area contributed by atoms with Crippen molar-refractivity contribution in [2.45, 2.75) is 0 Å². The number of nitrogens with one attached hydrogen (secondary N) is 1. The third kappa shape index (κ3) is 4.14.